The number of ether oxygens (including phenoxy) is 1. The summed E-state index contributed by atoms with van der Waals surface area (Å²) in [6.45, 7) is 3.42. The number of rotatable bonds is 8. The number of fused-ring (bicyclic) bond motifs is 3. The van der Waals surface area contributed by atoms with Gasteiger partial charge in [0.15, 0.2) is 5.44 Å². The van der Waals surface area contributed by atoms with E-state index in [1.807, 2.05) is 13.8 Å². The van der Waals surface area contributed by atoms with Gasteiger partial charge in [0.2, 0.25) is 11.8 Å². The molecule has 0 aliphatic carbocycles. The molecule has 3 aromatic rings. The van der Waals surface area contributed by atoms with Crippen LogP contribution in [0.1, 0.15) is 42.7 Å². The first kappa shape index (κ1) is 32.0. The fourth-order valence-corrected chi connectivity index (χ4v) is 6.55. The molecule has 2 aromatic carbocycles. The van der Waals surface area contributed by atoms with Crippen molar-refractivity contribution in [1.82, 2.24) is 15.2 Å². The molecule has 1 spiro atoms. The molecular formula is C28H31N4NaO8S. The normalized spacial score (nSPS) is 21.1. The van der Waals surface area contributed by atoms with Crippen LogP contribution in [0.3, 0.4) is 0 Å². The minimum atomic E-state index is -5.25. The number of hydrogen-bond acceptors (Lipinski definition) is 8. The molecule has 0 radical (unpaired) electrons. The number of aromatic amines is 1. The van der Waals surface area contributed by atoms with Gasteiger partial charge in [-0.05, 0) is 48.6 Å². The number of carbonyl (C=O) groups excluding carboxylic acids is 3. The molecule has 42 heavy (non-hydrogen) atoms. The number of amides is 3. The average Bonchev–Trinajstić information content (AvgIpc) is 3.61. The Bertz CT molecular complexity index is 1640. The molecule has 14 heteroatoms. The van der Waals surface area contributed by atoms with Crippen LogP contribution < -0.4 is 44.9 Å². The second-order valence-electron chi connectivity index (χ2n) is 11.0. The molecule has 4 atom stereocenters. The molecule has 2 aliphatic rings. The van der Waals surface area contributed by atoms with Gasteiger partial charge in [0.1, 0.15) is 27.6 Å². The van der Waals surface area contributed by atoms with Crippen molar-refractivity contribution in [2.75, 3.05) is 19.0 Å². The summed E-state index contributed by atoms with van der Waals surface area (Å²) in [7, 11) is -3.74. The van der Waals surface area contributed by atoms with Gasteiger partial charge in [-0.1, -0.05) is 38.1 Å². The van der Waals surface area contributed by atoms with E-state index in [0.717, 1.165) is 4.90 Å². The van der Waals surface area contributed by atoms with Crippen LogP contribution in [0, 0.1) is 5.92 Å². The van der Waals surface area contributed by atoms with E-state index >= 15 is 0 Å². The van der Waals surface area contributed by atoms with Crippen molar-refractivity contribution in [1.29, 1.82) is 0 Å². The zero-order chi connectivity index (χ0) is 29.7. The maximum atomic E-state index is 14.1. The van der Waals surface area contributed by atoms with Crippen molar-refractivity contribution in [3.8, 4) is 5.75 Å². The molecule has 1 aromatic heterocycles. The number of anilines is 1. The molecule has 3 amide bonds. The number of benzene rings is 2. The third kappa shape index (κ3) is 5.69. The number of methoxy groups -OCH3 is 1. The summed E-state index contributed by atoms with van der Waals surface area (Å²) in [4.78, 5) is 44.7. The molecule has 1 fully saturated rings. The van der Waals surface area contributed by atoms with Crippen LogP contribution in [0.4, 0.5) is 5.69 Å². The van der Waals surface area contributed by atoms with Crippen LogP contribution in [0.25, 0.3) is 10.9 Å². The smallest absolute Gasteiger partial charge is 0.746 e. The van der Waals surface area contributed by atoms with Gasteiger partial charge < -0.3 is 34.9 Å². The summed E-state index contributed by atoms with van der Waals surface area (Å²) in [6, 6.07) is 11.0. The molecule has 1 saturated heterocycles. The van der Waals surface area contributed by atoms with Gasteiger partial charge in [-0.25, -0.2) is 8.42 Å². The first-order chi connectivity index (χ1) is 19.4. The Morgan fingerprint density at radius 3 is 2.60 bits per heavy atom. The Hall–Kier alpha value is -2.94. The van der Waals surface area contributed by atoms with Crippen molar-refractivity contribution in [2.24, 2.45) is 5.92 Å². The van der Waals surface area contributed by atoms with Crippen molar-refractivity contribution in [3.05, 3.63) is 59.8 Å². The summed E-state index contributed by atoms with van der Waals surface area (Å²) in [5.41, 5.74) is -1.97. The molecule has 4 N–H and O–H groups in total. The second-order valence-corrected chi connectivity index (χ2v) is 12.4. The fourth-order valence-electron chi connectivity index (χ4n) is 5.92. The standard InChI is InChI=1S/C28H32N4O8S.Na/c1-15(2)11-21(30-24(33)20-12-16-18(29-20)9-6-10-23(16)40-3)25(34)32-14-28(13-22(32)26(35)41(37,38)39)17-7-4-5-8-19(17)31-27(28)36;/h4-10,12,15,21-22,26,29,35H,11,13-14H2,1-3H3,(H,30,33)(H,31,36)(H,37,38,39);/q;+1/p-1/t21-,22-,26?,28-;/m0./s1. The average molecular weight is 607 g/mol. The summed E-state index contributed by atoms with van der Waals surface area (Å²) in [6.07, 6.45) is -0.109. The molecule has 12 nitrogen and oxygen atoms in total. The number of H-pyrrole nitrogens is 1. The molecule has 3 heterocycles. The largest absolute Gasteiger partial charge is 1.00 e. The molecule has 218 valence electrons. The van der Waals surface area contributed by atoms with E-state index in [0.29, 0.717) is 27.9 Å². The summed E-state index contributed by atoms with van der Waals surface area (Å²) >= 11 is 0. The van der Waals surface area contributed by atoms with Gasteiger partial charge in [-0.2, -0.15) is 0 Å². The Labute approximate surface area is 265 Å². The Kier molecular flexibility index (Phi) is 9.12. The number of aliphatic hydroxyl groups excluding tert-OH is 1. The molecular weight excluding hydrogens is 575 g/mol. The van der Waals surface area contributed by atoms with Crippen molar-refractivity contribution in [2.45, 2.75) is 49.6 Å². The van der Waals surface area contributed by atoms with Gasteiger partial charge in [0.25, 0.3) is 5.91 Å². The number of nitrogens with one attached hydrogen (secondary N) is 3. The zero-order valence-corrected chi connectivity index (χ0v) is 26.5. The third-order valence-corrected chi connectivity index (χ3v) is 8.74. The Morgan fingerprint density at radius 2 is 1.93 bits per heavy atom. The zero-order valence-electron chi connectivity index (χ0n) is 23.7. The monoisotopic (exact) mass is 606 g/mol. The van der Waals surface area contributed by atoms with E-state index in [2.05, 4.69) is 15.6 Å². The fraction of sp³-hybridized carbons (Fsp3) is 0.393. The predicted molar refractivity (Wildman–Crippen MR) is 148 cm³/mol. The maximum Gasteiger partial charge on any atom is 1.00 e. The molecule has 2 aliphatic heterocycles. The number of para-hydroxylation sites is 1. The van der Waals surface area contributed by atoms with Crippen LogP contribution in [0.5, 0.6) is 5.75 Å². The van der Waals surface area contributed by atoms with Crippen molar-refractivity contribution in [3.63, 3.8) is 0 Å². The van der Waals surface area contributed by atoms with Crippen LogP contribution in [0.2, 0.25) is 0 Å². The third-order valence-electron chi connectivity index (χ3n) is 7.83. The number of aromatic nitrogens is 1. The van der Waals surface area contributed by atoms with Crippen molar-refractivity contribution < 1.29 is 66.8 Å². The molecule has 0 bridgehead atoms. The van der Waals surface area contributed by atoms with Gasteiger partial charge >= 0.3 is 29.6 Å². The number of nitrogens with zero attached hydrogens (tertiary/aromatic N) is 1. The van der Waals surface area contributed by atoms with Crippen LogP contribution in [-0.2, 0) is 25.1 Å². The summed E-state index contributed by atoms with van der Waals surface area (Å²) in [5.74, 6) is -1.28. The first-order valence-electron chi connectivity index (χ1n) is 13.2. The molecule has 5 rings (SSSR count). The quantitative estimate of drug-likeness (QED) is 0.180. The van der Waals surface area contributed by atoms with Crippen LogP contribution in [0.15, 0.2) is 48.5 Å². The van der Waals surface area contributed by atoms with Crippen LogP contribution in [-0.4, -0.2) is 76.9 Å². The number of likely N-dealkylation sites (tertiary alicyclic amines) is 1. The van der Waals surface area contributed by atoms with E-state index in [1.165, 1.54) is 7.11 Å². The summed E-state index contributed by atoms with van der Waals surface area (Å²) in [5, 5.41) is 16.8. The van der Waals surface area contributed by atoms with E-state index in [4.69, 9.17) is 4.74 Å². The van der Waals surface area contributed by atoms with Gasteiger partial charge in [0.05, 0.1) is 18.6 Å². The van der Waals surface area contributed by atoms with Crippen molar-refractivity contribution >= 4 is 44.4 Å². The van der Waals surface area contributed by atoms with Crippen LogP contribution >= 0.6 is 0 Å². The number of carbonyl (C=O) groups is 3. The van der Waals surface area contributed by atoms with E-state index in [9.17, 15) is 32.5 Å². The van der Waals surface area contributed by atoms with Gasteiger partial charge in [0, 0.05) is 23.1 Å². The number of hydrogen-bond donors (Lipinski definition) is 4. The Balaban J connectivity index is 0.00000405. The Morgan fingerprint density at radius 1 is 1.21 bits per heavy atom. The first-order valence-corrected chi connectivity index (χ1v) is 14.6. The minimum Gasteiger partial charge on any atom is -0.746 e. The van der Waals surface area contributed by atoms with Gasteiger partial charge in [-0.3, -0.25) is 14.4 Å². The SMILES string of the molecule is COc1cccc2[nH]c(C(=O)N[C@@H](CC(C)C)C(=O)N3C[C@]4(C[C@H]3C(O)S(=O)(=O)[O-])C(=O)Nc3ccccc34)cc12.[Na+]. The number of aliphatic hydroxyl groups is 1. The van der Waals surface area contributed by atoms with Gasteiger partial charge in [-0.15, -0.1) is 0 Å². The molecule has 1 unspecified atom stereocenters. The van der Waals surface area contributed by atoms with E-state index in [-0.39, 0.29) is 60.6 Å². The maximum absolute atomic E-state index is 14.1. The van der Waals surface area contributed by atoms with E-state index < -0.39 is 50.8 Å². The topological polar surface area (TPSA) is 181 Å². The van der Waals surface area contributed by atoms with E-state index in [1.54, 1.807) is 48.5 Å². The second kappa shape index (κ2) is 12.0. The minimum absolute atomic E-state index is 0. The molecule has 0 saturated carbocycles. The predicted octanol–water partition coefficient (Wildman–Crippen LogP) is -1.32. The summed E-state index contributed by atoms with van der Waals surface area (Å²) < 4.78 is 41.2.